The van der Waals surface area contributed by atoms with Crippen molar-refractivity contribution in [2.45, 2.75) is 0 Å². The van der Waals surface area contributed by atoms with Crippen LogP contribution in [0.15, 0.2) is 54.6 Å². The fourth-order valence-corrected chi connectivity index (χ4v) is 3.99. The van der Waals surface area contributed by atoms with Gasteiger partial charge in [0.15, 0.2) is 11.5 Å². The largest absolute Gasteiger partial charge is 0.454 e. The zero-order valence-electron chi connectivity index (χ0n) is 15.8. The third kappa shape index (κ3) is 4.07. The van der Waals surface area contributed by atoms with Gasteiger partial charge >= 0.3 is 0 Å². The van der Waals surface area contributed by atoms with E-state index in [-0.39, 0.29) is 6.79 Å². The zero-order valence-corrected chi connectivity index (χ0v) is 18.9. The average Bonchev–Trinajstić information content (AvgIpc) is 3.22. The molecule has 3 aromatic carbocycles. The number of hydrogen-bond donors (Lipinski definition) is 0. The van der Waals surface area contributed by atoms with E-state index >= 15 is 0 Å². The summed E-state index contributed by atoms with van der Waals surface area (Å²) >= 11 is 24.5. The number of fused-ring (bicyclic) bond motifs is 2. The molecule has 0 amide bonds. The number of nitrogens with zero attached hydrogens (tertiary/aromatic N) is 1. The molecule has 2 heterocycles. The predicted octanol–water partition coefficient (Wildman–Crippen LogP) is 8.41. The van der Waals surface area contributed by atoms with Gasteiger partial charge in [0.2, 0.25) is 6.79 Å². The van der Waals surface area contributed by atoms with E-state index in [1.807, 2.05) is 48.6 Å². The Balaban J connectivity index is 1.67. The molecule has 3 nitrogen and oxygen atoms in total. The first kappa shape index (κ1) is 20.5. The van der Waals surface area contributed by atoms with Crippen LogP contribution in [0.2, 0.25) is 20.1 Å². The molecule has 0 radical (unpaired) electrons. The van der Waals surface area contributed by atoms with Crippen molar-refractivity contribution in [1.82, 2.24) is 4.98 Å². The average molecular weight is 489 g/mol. The highest BCUT2D eigenvalue weighted by Gasteiger charge is 2.17. The van der Waals surface area contributed by atoms with Crippen molar-refractivity contribution < 1.29 is 9.47 Å². The van der Waals surface area contributed by atoms with Crippen molar-refractivity contribution in [1.29, 1.82) is 0 Å². The molecule has 0 bridgehead atoms. The first-order valence-corrected chi connectivity index (χ1v) is 10.8. The maximum atomic E-state index is 6.23. The Bertz CT molecular complexity index is 1370. The minimum Gasteiger partial charge on any atom is -0.454 e. The van der Waals surface area contributed by atoms with E-state index in [1.54, 1.807) is 18.2 Å². The Labute approximate surface area is 198 Å². The first-order chi connectivity index (χ1) is 15.0. The summed E-state index contributed by atoms with van der Waals surface area (Å²) in [7, 11) is 0. The molecule has 5 rings (SSSR count). The SMILES string of the molecule is Clc1ccc(C=Cc2cc(-c3ccc(Cl)c(Cl)c3)nc3cc4c(cc23)OCO4)cc1Cl. The van der Waals surface area contributed by atoms with E-state index in [9.17, 15) is 0 Å². The standard InChI is InChI=1S/C24H13Cl4NO2/c25-17-5-2-13(7-19(17)27)1-3-14-9-21(15-4-6-18(26)20(28)8-15)29-22-11-24-23(10-16(14)22)30-12-31-24/h1-11H,12H2. The molecular formula is C24H13Cl4NO2. The quantitative estimate of drug-likeness (QED) is 0.290. The van der Waals surface area contributed by atoms with Gasteiger partial charge in [-0.05, 0) is 47.5 Å². The Morgan fingerprint density at radius 3 is 2.16 bits per heavy atom. The number of aromatic nitrogens is 1. The number of ether oxygens (including phenoxy) is 2. The van der Waals surface area contributed by atoms with Gasteiger partial charge in [-0.2, -0.15) is 0 Å². The highest BCUT2D eigenvalue weighted by Crippen LogP contribution is 2.38. The predicted molar refractivity (Wildman–Crippen MR) is 129 cm³/mol. The maximum Gasteiger partial charge on any atom is 0.231 e. The Kier molecular flexibility index (Phi) is 5.45. The molecule has 154 valence electrons. The van der Waals surface area contributed by atoms with Gasteiger partial charge in [0.25, 0.3) is 0 Å². The van der Waals surface area contributed by atoms with Crippen LogP contribution in [-0.4, -0.2) is 11.8 Å². The number of hydrogen-bond acceptors (Lipinski definition) is 3. The van der Waals surface area contributed by atoms with E-state index in [0.29, 0.717) is 31.6 Å². The number of halogens is 4. The van der Waals surface area contributed by atoms with Gasteiger partial charge < -0.3 is 9.47 Å². The van der Waals surface area contributed by atoms with Crippen molar-refractivity contribution in [3.05, 3.63) is 85.8 Å². The lowest BCUT2D eigenvalue weighted by Crippen LogP contribution is -1.92. The Morgan fingerprint density at radius 1 is 0.710 bits per heavy atom. The molecule has 0 saturated carbocycles. The second kappa shape index (κ2) is 8.25. The van der Waals surface area contributed by atoms with Crippen LogP contribution in [0.4, 0.5) is 0 Å². The van der Waals surface area contributed by atoms with Crippen molar-refractivity contribution in [3.8, 4) is 22.8 Å². The van der Waals surface area contributed by atoms with Crippen molar-refractivity contribution in [2.24, 2.45) is 0 Å². The summed E-state index contributed by atoms with van der Waals surface area (Å²) in [4.78, 5) is 4.83. The lowest BCUT2D eigenvalue weighted by Gasteiger charge is -2.09. The Hall–Kier alpha value is -2.43. The first-order valence-electron chi connectivity index (χ1n) is 9.31. The normalized spacial score (nSPS) is 12.8. The summed E-state index contributed by atoms with van der Waals surface area (Å²) in [5.41, 5.74) is 4.28. The summed E-state index contributed by atoms with van der Waals surface area (Å²) in [5.74, 6) is 1.37. The van der Waals surface area contributed by atoms with Gasteiger partial charge in [-0.1, -0.05) is 70.7 Å². The fourth-order valence-electron chi connectivity index (χ4n) is 3.39. The second-order valence-electron chi connectivity index (χ2n) is 6.96. The van der Waals surface area contributed by atoms with Crippen LogP contribution in [0.25, 0.3) is 34.3 Å². The van der Waals surface area contributed by atoms with Gasteiger partial charge in [0, 0.05) is 17.0 Å². The summed E-state index contributed by atoms with van der Waals surface area (Å²) in [5, 5.41) is 2.92. The lowest BCUT2D eigenvalue weighted by atomic mass is 10.0. The summed E-state index contributed by atoms with van der Waals surface area (Å²) in [6.07, 6.45) is 3.98. The molecule has 7 heteroatoms. The number of rotatable bonds is 3. The van der Waals surface area contributed by atoms with Crippen molar-refractivity contribution >= 4 is 69.5 Å². The summed E-state index contributed by atoms with van der Waals surface area (Å²) in [6.45, 7) is 0.194. The van der Waals surface area contributed by atoms with Gasteiger partial charge in [0.05, 0.1) is 31.3 Å². The molecule has 0 unspecified atom stereocenters. The number of pyridine rings is 1. The highest BCUT2D eigenvalue weighted by atomic mass is 35.5. The summed E-state index contributed by atoms with van der Waals surface area (Å²) < 4.78 is 11.1. The minimum absolute atomic E-state index is 0.194. The molecule has 0 saturated heterocycles. The molecule has 1 aromatic heterocycles. The Morgan fingerprint density at radius 2 is 1.42 bits per heavy atom. The van der Waals surface area contributed by atoms with E-state index in [4.69, 9.17) is 60.9 Å². The van der Waals surface area contributed by atoms with Crippen LogP contribution in [0.3, 0.4) is 0 Å². The van der Waals surface area contributed by atoms with E-state index < -0.39 is 0 Å². The fraction of sp³-hybridized carbons (Fsp3) is 0.0417. The van der Waals surface area contributed by atoms with Crippen molar-refractivity contribution in [2.75, 3.05) is 6.79 Å². The van der Waals surface area contributed by atoms with Crippen LogP contribution in [0.1, 0.15) is 11.1 Å². The van der Waals surface area contributed by atoms with Crippen LogP contribution < -0.4 is 9.47 Å². The zero-order chi connectivity index (χ0) is 21.5. The molecule has 0 N–H and O–H groups in total. The molecule has 1 aliphatic rings. The van der Waals surface area contributed by atoms with Gasteiger partial charge in [0.1, 0.15) is 0 Å². The maximum absolute atomic E-state index is 6.23. The molecule has 31 heavy (non-hydrogen) atoms. The third-order valence-corrected chi connectivity index (χ3v) is 6.43. The van der Waals surface area contributed by atoms with Crippen molar-refractivity contribution in [3.63, 3.8) is 0 Å². The molecule has 0 atom stereocenters. The number of benzene rings is 3. The molecule has 0 aliphatic carbocycles. The van der Waals surface area contributed by atoms with Gasteiger partial charge in [-0.15, -0.1) is 0 Å². The minimum atomic E-state index is 0.194. The van der Waals surface area contributed by atoms with Crippen LogP contribution >= 0.6 is 46.4 Å². The van der Waals surface area contributed by atoms with E-state index in [2.05, 4.69) is 0 Å². The monoisotopic (exact) mass is 487 g/mol. The van der Waals surface area contributed by atoms with Crippen LogP contribution in [-0.2, 0) is 0 Å². The highest BCUT2D eigenvalue weighted by molar-refractivity contribution is 6.42. The van der Waals surface area contributed by atoms with E-state index in [1.165, 1.54) is 0 Å². The van der Waals surface area contributed by atoms with Crippen LogP contribution in [0, 0.1) is 0 Å². The lowest BCUT2D eigenvalue weighted by molar-refractivity contribution is 0.174. The van der Waals surface area contributed by atoms with Gasteiger partial charge in [-0.25, -0.2) is 4.98 Å². The summed E-state index contributed by atoms with van der Waals surface area (Å²) in [6, 6.07) is 16.8. The molecule has 1 aliphatic heterocycles. The smallest absolute Gasteiger partial charge is 0.231 e. The molecule has 0 spiro atoms. The van der Waals surface area contributed by atoms with Gasteiger partial charge in [-0.3, -0.25) is 0 Å². The molecule has 0 fully saturated rings. The van der Waals surface area contributed by atoms with Crippen LogP contribution in [0.5, 0.6) is 11.5 Å². The molecular weight excluding hydrogens is 476 g/mol. The van der Waals surface area contributed by atoms with E-state index in [0.717, 1.165) is 33.3 Å². The molecule has 4 aromatic rings. The second-order valence-corrected chi connectivity index (χ2v) is 8.58. The topological polar surface area (TPSA) is 31.4 Å². The third-order valence-electron chi connectivity index (χ3n) is 4.95.